The molecule has 0 atom stereocenters. The van der Waals surface area contributed by atoms with E-state index in [1.165, 1.54) is 28.9 Å². The summed E-state index contributed by atoms with van der Waals surface area (Å²) >= 11 is 0. The molecule has 0 radical (unpaired) electrons. The van der Waals surface area contributed by atoms with Gasteiger partial charge < -0.3 is 4.57 Å². The van der Waals surface area contributed by atoms with Gasteiger partial charge in [-0.15, -0.1) is 0 Å². The molecule has 23 heavy (non-hydrogen) atoms. The molecule has 0 unspecified atom stereocenters. The Bertz CT molecular complexity index is 905. The molecule has 118 valence electrons. The van der Waals surface area contributed by atoms with Crippen LogP contribution < -0.4 is 5.56 Å². The van der Waals surface area contributed by atoms with Gasteiger partial charge in [-0.05, 0) is 58.2 Å². The molecule has 2 heterocycles. The highest BCUT2D eigenvalue weighted by atomic mass is 16.1. The summed E-state index contributed by atoms with van der Waals surface area (Å²) in [6.07, 6.45) is 4.18. The third-order valence-corrected chi connectivity index (χ3v) is 4.42. The van der Waals surface area contributed by atoms with Crippen LogP contribution in [0.25, 0.3) is 0 Å². The van der Waals surface area contributed by atoms with Crippen LogP contribution in [-0.2, 0) is 0 Å². The van der Waals surface area contributed by atoms with Crippen molar-refractivity contribution in [1.82, 2.24) is 9.24 Å². The quantitative estimate of drug-likeness (QED) is 0.818. The van der Waals surface area contributed by atoms with E-state index in [0.717, 1.165) is 11.3 Å². The number of hydrogen-bond acceptors (Lipinski definition) is 3. The maximum Gasteiger partial charge on any atom is 0.289 e. The predicted molar refractivity (Wildman–Crippen MR) is 90.1 cm³/mol. The van der Waals surface area contributed by atoms with E-state index in [1.807, 2.05) is 19.1 Å². The Morgan fingerprint density at radius 2 is 1.91 bits per heavy atom. The van der Waals surface area contributed by atoms with Crippen LogP contribution in [0.5, 0.6) is 0 Å². The minimum Gasteiger partial charge on any atom is -0.345 e. The van der Waals surface area contributed by atoms with Crippen LogP contribution in [0.1, 0.15) is 52.7 Å². The maximum atomic E-state index is 12.4. The zero-order chi connectivity index (χ0) is 16.7. The zero-order valence-corrected chi connectivity index (χ0v) is 13.9. The molecule has 0 bridgehead atoms. The second-order valence-corrected chi connectivity index (χ2v) is 6.24. The summed E-state index contributed by atoms with van der Waals surface area (Å²) in [6, 6.07) is 6.49. The van der Waals surface area contributed by atoms with E-state index in [0.29, 0.717) is 11.6 Å². The molecule has 2 aromatic rings. The molecule has 1 fully saturated rings. The summed E-state index contributed by atoms with van der Waals surface area (Å²) in [6.45, 7) is 7.77. The lowest BCUT2D eigenvalue weighted by Crippen LogP contribution is -2.22. The number of hydrogen-bond donors (Lipinski definition) is 0. The van der Waals surface area contributed by atoms with E-state index in [9.17, 15) is 4.79 Å². The summed E-state index contributed by atoms with van der Waals surface area (Å²) in [5.41, 5.74) is 4.60. The molecule has 0 aliphatic heterocycles. The van der Waals surface area contributed by atoms with Gasteiger partial charge in [0.2, 0.25) is 0 Å². The molecule has 0 saturated heterocycles. The molecular weight excluding hydrogens is 288 g/mol. The standard InChI is InChI=1S/C18H20N4O/c1-11-7-13(3)22(18(23)17(11)9-19)20-10-15-8-12(2)21(14(15)4)16-5-6-16/h7-8,10,16H,5-6H2,1-4H3/b20-10+. The van der Waals surface area contributed by atoms with Crippen molar-refractivity contribution in [2.75, 3.05) is 0 Å². The van der Waals surface area contributed by atoms with Crippen molar-refractivity contribution in [1.29, 1.82) is 5.26 Å². The SMILES string of the molecule is Cc1cc(C)n(/N=C/c2cc(C)n(C3CC3)c2C)c(=O)c1C#N. The predicted octanol–water partition coefficient (Wildman–Crippen LogP) is 2.97. The van der Waals surface area contributed by atoms with Gasteiger partial charge >= 0.3 is 0 Å². The Balaban J connectivity index is 2.03. The van der Waals surface area contributed by atoms with Crippen LogP contribution in [0.15, 0.2) is 22.0 Å². The van der Waals surface area contributed by atoms with E-state index in [1.54, 1.807) is 13.1 Å². The maximum absolute atomic E-state index is 12.4. The molecule has 0 aromatic carbocycles. The van der Waals surface area contributed by atoms with Gasteiger partial charge in [0.05, 0.1) is 6.21 Å². The van der Waals surface area contributed by atoms with Crippen LogP contribution >= 0.6 is 0 Å². The van der Waals surface area contributed by atoms with Crippen LogP contribution in [0.3, 0.4) is 0 Å². The number of rotatable bonds is 3. The highest BCUT2D eigenvalue weighted by Crippen LogP contribution is 2.38. The third kappa shape index (κ3) is 2.61. The second kappa shape index (κ2) is 5.54. The van der Waals surface area contributed by atoms with Gasteiger partial charge in [-0.1, -0.05) is 0 Å². The van der Waals surface area contributed by atoms with Crippen molar-refractivity contribution in [3.63, 3.8) is 0 Å². The Morgan fingerprint density at radius 1 is 1.22 bits per heavy atom. The molecule has 0 spiro atoms. The lowest BCUT2D eigenvalue weighted by molar-refractivity contribution is 0.699. The van der Waals surface area contributed by atoms with E-state index in [4.69, 9.17) is 5.26 Å². The fourth-order valence-corrected chi connectivity index (χ4v) is 3.11. The molecule has 5 nitrogen and oxygen atoms in total. The number of nitrogens with zero attached hydrogens (tertiary/aromatic N) is 4. The van der Waals surface area contributed by atoms with Gasteiger partial charge in [0.1, 0.15) is 11.6 Å². The summed E-state index contributed by atoms with van der Waals surface area (Å²) in [5.74, 6) is 0. The lowest BCUT2D eigenvalue weighted by atomic mass is 10.1. The molecule has 1 saturated carbocycles. The minimum atomic E-state index is -0.364. The Hall–Kier alpha value is -2.61. The molecular formula is C18H20N4O. The van der Waals surface area contributed by atoms with Gasteiger partial charge in [-0.3, -0.25) is 4.79 Å². The second-order valence-electron chi connectivity index (χ2n) is 6.24. The first kappa shape index (κ1) is 15.3. The number of aryl methyl sites for hydroxylation is 3. The van der Waals surface area contributed by atoms with E-state index in [2.05, 4.69) is 29.6 Å². The van der Waals surface area contributed by atoms with Crippen LogP contribution in [0, 0.1) is 39.0 Å². The first-order chi connectivity index (χ1) is 10.9. The van der Waals surface area contributed by atoms with Crippen molar-refractivity contribution in [3.8, 4) is 6.07 Å². The Kier molecular flexibility index (Phi) is 3.69. The summed E-state index contributed by atoms with van der Waals surface area (Å²) in [7, 11) is 0. The molecule has 5 heteroatoms. The van der Waals surface area contributed by atoms with Gasteiger partial charge in [0.15, 0.2) is 0 Å². The average Bonchev–Trinajstić information content (AvgIpc) is 3.26. The highest BCUT2D eigenvalue weighted by Gasteiger charge is 2.26. The molecule has 2 aromatic heterocycles. The topological polar surface area (TPSA) is 63.1 Å². The first-order valence-electron chi connectivity index (χ1n) is 7.80. The summed E-state index contributed by atoms with van der Waals surface area (Å²) in [4.78, 5) is 12.4. The van der Waals surface area contributed by atoms with Gasteiger partial charge in [0, 0.05) is 28.7 Å². The molecule has 0 N–H and O–H groups in total. The van der Waals surface area contributed by atoms with Crippen LogP contribution in [0.2, 0.25) is 0 Å². The van der Waals surface area contributed by atoms with Crippen LogP contribution in [-0.4, -0.2) is 15.5 Å². The summed E-state index contributed by atoms with van der Waals surface area (Å²) < 4.78 is 3.64. The van der Waals surface area contributed by atoms with Crippen molar-refractivity contribution < 1.29 is 0 Å². The van der Waals surface area contributed by atoms with Crippen molar-refractivity contribution >= 4 is 6.21 Å². The van der Waals surface area contributed by atoms with E-state index < -0.39 is 0 Å². The molecule has 0 amide bonds. The lowest BCUT2D eigenvalue weighted by Gasteiger charge is -2.07. The molecule has 3 rings (SSSR count). The van der Waals surface area contributed by atoms with E-state index >= 15 is 0 Å². The zero-order valence-electron chi connectivity index (χ0n) is 13.9. The average molecular weight is 308 g/mol. The number of aromatic nitrogens is 2. The third-order valence-electron chi connectivity index (χ3n) is 4.42. The Labute approximate surface area is 135 Å². The molecule has 1 aliphatic rings. The first-order valence-corrected chi connectivity index (χ1v) is 7.80. The fraction of sp³-hybridized carbons (Fsp3) is 0.389. The smallest absolute Gasteiger partial charge is 0.289 e. The minimum absolute atomic E-state index is 0.149. The monoisotopic (exact) mass is 308 g/mol. The molecule has 1 aliphatic carbocycles. The van der Waals surface area contributed by atoms with E-state index in [-0.39, 0.29) is 11.1 Å². The fourth-order valence-electron chi connectivity index (χ4n) is 3.11. The number of nitriles is 1. The van der Waals surface area contributed by atoms with Gasteiger partial charge in [-0.25, -0.2) is 4.68 Å². The number of pyridine rings is 1. The van der Waals surface area contributed by atoms with Crippen molar-refractivity contribution in [2.45, 2.75) is 46.6 Å². The summed E-state index contributed by atoms with van der Waals surface area (Å²) in [5, 5.41) is 13.5. The van der Waals surface area contributed by atoms with Crippen molar-refractivity contribution in [3.05, 3.63) is 56.3 Å². The van der Waals surface area contributed by atoms with Crippen LogP contribution in [0.4, 0.5) is 0 Å². The van der Waals surface area contributed by atoms with Crippen molar-refractivity contribution in [2.24, 2.45) is 5.10 Å². The highest BCUT2D eigenvalue weighted by molar-refractivity contribution is 5.81. The Morgan fingerprint density at radius 3 is 2.52 bits per heavy atom. The largest absolute Gasteiger partial charge is 0.345 e. The van der Waals surface area contributed by atoms with Gasteiger partial charge in [-0.2, -0.15) is 10.4 Å². The van der Waals surface area contributed by atoms with Gasteiger partial charge in [0.25, 0.3) is 5.56 Å². The normalized spacial score (nSPS) is 14.4.